The number of halogens is 3. The van der Waals surface area contributed by atoms with E-state index in [1.165, 1.54) is 24.3 Å². The number of rotatable bonds is 8. The normalized spacial score (nSPS) is 23.2. The lowest BCUT2D eigenvalue weighted by atomic mass is 9.79. The average Bonchev–Trinajstić information content (AvgIpc) is 2.88. The molecule has 0 spiro atoms. The number of benzene rings is 2. The van der Waals surface area contributed by atoms with Crippen molar-refractivity contribution in [1.29, 1.82) is 0 Å². The Morgan fingerprint density at radius 2 is 1.71 bits per heavy atom. The van der Waals surface area contributed by atoms with Gasteiger partial charge in [0.1, 0.15) is 6.10 Å². The van der Waals surface area contributed by atoms with Crippen molar-refractivity contribution in [1.82, 2.24) is 4.90 Å². The second-order valence-corrected chi connectivity index (χ2v) is 10.5. The van der Waals surface area contributed by atoms with E-state index in [2.05, 4.69) is 18.7 Å². The third kappa shape index (κ3) is 5.10. The van der Waals surface area contributed by atoms with E-state index in [1.54, 1.807) is 20.3 Å². The highest BCUT2D eigenvalue weighted by Gasteiger charge is 2.64. The number of ether oxygens (including phenoxy) is 4. The molecular weight excluding hydrogens is 499 g/mol. The summed E-state index contributed by atoms with van der Waals surface area (Å²) in [7, 11) is 4.05. The van der Waals surface area contributed by atoms with Gasteiger partial charge in [-0.05, 0) is 42.0 Å². The summed E-state index contributed by atoms with van der Waals surface area (Å²) in [6.07, 6.45) is -3.82. The molecule has 0 aliphatic carbocycles. The summed E-state index contributed by atoms with van der Waals surface area (Å²) in [6.45, 7) is 5.54. The lowest BCUT2D eigenvalue weighted by Crippen LogP contribution is -2.55. The molecule has 0 N–H and O–H groups in total. The zero-order valence-electron chi connectivity index (χ0n) is 22.5. The third-order valence-corrected chi connectivity index (χ3v) is 7.77. The van der Waals surface area contributed by atoms with Crippen LogP contribution in [0.3, 0.4) is 0 Å². The van der Waals surface area contributed by atoms with E-state index in [0.29, 0.717) is 24.5 Å². The number of methoxy groups -OCH3 is 3. The molecule has 0 saturated carbocycles. The summed E-state index contributed by atoms with van der Waals surface area (Å²) < 4.78 is 65.4. The summed E-state index contributed by atoms with van der Waals surface area (Å²) in [5, 5.41) is 0. The first-order chi connectivity index (χ1) is 18.0. The molecule has 2 aliphatic heterocycles. The highest BCUT2D eigenvalue weighted by atomic mass is 19.4. The Morgan fingerprint density at radius 3 is 2.29 bits per heavy atom. The SMILES string of the molecule is COc1cc2c(cc1OC)[C@@H]1C[C@H](OC(=O)C(OC)(c3ccccc3)C(F)(F)F)[C@H](CC(C)C)CN1CC2. The van der Waals surface area contributed by atoms with E-state index in [1.807, 2.05) is 12.1 Å². The predicted octanol–water partition coefficient (Wildman–Crippen LogP) is 5.69. The maximum absolute atomic E-state index is 14.5. The van der Waals surface area contributed by atoms with Crippen molar-refractivity contribution >= 4 is 5.97 Å². The van der Waals surface area contributed by atoms with Crippen LogP contribution in [0.2, 0.25) is 0 Å². The second kappa shape index (κ2) is 11.1. The van der Waals surface area contributed by atoms with Gasteiger partial charge >= 0.3 is 12.1 Å². The molecule has 2 heterocycles. The Bertz CT molecular complexity index is 1120. The van der Waals surface area contributed by atoms with Crippen molar-refractivity contribution in [2.45, 2.75) is 57.0 Å². The first kappa shape index (κ1) is 28.2. The van der Waals surface area contributed by atoms with Gasteiger partial charge in [0.25, 0.3) is 5.60 Å². The van der Waals surface area contributed by atoms with Gasteiger partial charge in [-0.3, -0.25) is 4.90 Å². The van der Waals surface area contributed by atoms with Gasteiger partial charge in [-0.2, -0.15) is 13.2 Å². The number of esters is 1. The van der Waals surface area contributed by atoms with Crippen molar-refractivity contribution in [3.63, 3.8) is 0 Å². The van der Waals surface area contributed by atoms with Crippen LogP contribution in [0.5, 0.6) is 11.5 Å². The van der Waals surface area contributed by atoms with Crippen LogP contribution in [0.15, 0.2) is 42.5 Å². The lowest BCUT2D eigenvalue weighted by Gasteiger charge is -2.47. The number of alkyl halides is 3. The number of hydrogen-bond donors (Lipinski definition) is 0. The van der Waals surface area contributed by atoms with Crippen LogP contribution in [-0.4, -0.2) is 57.6 Å². The number of carbonyl (C=O) groups excluding carboxylic acids is 1. The maximum Gasteiger partial charge on any atom is 0.432 e. The maximum atomic E-state index is 14.5. The van der Waals surface area contributed by atoms with E-state index in [-0.39, 0.29) is 23.4 Å². The molecule has 38 heavy (non-hydrogen) atoms. The first-order valence-corrected chi connectivity index (χ1v) is 12.9. The van der Waals surface area contributed by atoms with Crippen LogP contribution in [-0.2, 0) is 26.3 Å². The van der Waals surface area contributed by atoms with Gasteiger partial charge in [-0.15, -0.1) is 0 Å². The van der Waals surface area contributed by atoms with Gasteiger partial charge in [0.05, 0.1) is 14.2 Å². The van der Waals surface area contributed by atoms with Gasteiger partial charge in [-0.1, -0.05) is 44.2 Å². The summed E-state index contributed by atoms with van der Waals surface area (Å²) in [6, 6.07) is 10.7. The Morgan fingerprint density at radius 1 is 1.05 bits per heavy atom. The Hall–Kier alpha value is -2.78. The van der Waals surface area contributed by atoms with E-state index in [0.717, 1.165) is 37.6 Å². The van der Waals surface area contributed by atoms with Crippen LogP contribution >= 0.6 is 0 Å². The average molecular weight is 536 g/mol. The smallest absolute Gasteiger partial charge is 0.432 e. The molecule has 4 rings (SSSR count). The van der Waals surface area contributed by atoms with Gasteiger partial charge in [-0.25, -0.2) is 4.79 Å². The van der Waals surface area contributed by atoms with Crippen molar-refractivity contribution in [3.05, 3.63) is 59.2 Å². The number of carbonyl (C=O) groups is 1. The fraction of sp³-hybridized carbons (Fsp3) is 0.552. The van der Waals surface area contributed by atoms with Crippen molar-refractivity contribution in [2.75, 3.05) is 34.4 Å². The predicted molar refractivity (Wildman–Crippen MR) is 136 cm³/mol. The molecule has 0 radical (unpaired) electrons. The van der Waals surface area contributed by atoms with Gasteiger partial charge in [0.2, 0.25) is 0 Å². The van der Waals surface area contributed by atoms with E-state index in [4.69, 9.17) is 18.9 Å². The molecule has 9 heteroatoms. The molecule has 0 amide bonds. The molecule has 6 nitrogen and oxygen atoms in total. The van der Waals surface area contributed by atoms with Crippen LogP contribution in [0.25, 0.3) is 0 Å². The lowest BCUT2D eigenvalue weighted by molar-refractivity contribution is -0.280. The van der Waals surface area contributed by atoms with Crippen LogP contribution < -0.4 is 9.47 Å². The highest BCUT2D eigenvalue weighted by molar-refractivity contribution is 5.83. The third-order valence-electron chi connectivity index (χ3n) is 7.77. The molecule has 0 aromatic heterocycles. The Labute approximate surface area is 222 Å². The topological polar surface area (TPSA) is 57.2 Å². The Balaban J connectivity index is 1.70. The molecule has 2 aromatic carbocycles. The fourth-order valence-electron chi connectivity index (χ4n) is 5.99. The molecule has 208 valence electrons. The summed E-state index contributed by atoms with van der Waals surface area (Å²) >= 11 is 0. The summed E-state index contributed by atoms with van der Waals surface area (Å²) in [4.78, 5) is 15.9. The Kier molecular flexibility index (Phi) is 8.28. The zero-order valence-corrected chi connectivity index (χ0v) is 22.5. The van der Waals surface area contributed by atoms with Gasteiger partial charge < -0.3 is 18.9 Å². The monoisotopic (exact) mass is 535 g/mol. The van der Waals surface area contributed by atoms with Gasteiger partial charge in [0.15, 0.2) is 11.5 Å². The second-order valence-electron chi connectivity index (χ2n) is 10.5. The molecule has 1 fully saturated rings. The van der Waals surface area contributed by atoms with Crippen LogP contribution in [0.1, 0.15) is 49.4 Å². The molecule has 2 aliphatic rings. The van der Waals surface area contributed by atoms with E-state index >= 15 is 0 Å². The molecular formula is C29H36F3NO5. The number of hydrogen-bond acceptors (Lipinski definition) is 6. The minimum atomic E-state index is -5.02. The van der Waals surface area contributed by atoms with Crippen molar-refractivity contribution in [2.24, 2.45) is 11.8 Å². The largest absolute Gasteiger partial charge is 0.493 e. The molecule has 2 aromatic rings. The molecule has 0 bridgehead atoms. The molecule has 1 unspecified atom stereocenters. The van der Waals surface area contributed by atoms with Crippen molar-refractivity contribution in [3.8, 4) is 11.5 Å². The summed E-state index contributed by atoms with van der Waals surface area (Å²) in [5.74, 6) is -0.0487. The van der Waals surface area contributed by atoms with E-state index in [9.17, 15) is 18.0 Å². The van der Waals surface area contributed by atoms with Crippen LogP contribution in [0, 0.1) is 11.8 Å². The first-order valence-electron chi connectivity index (χ1n) is 12.9. The van der Waals surface area contributed by atoms with Crippen molar-refractivity contribution < 1.29 is 36.9 Å². The fourth-order valence-corrected chi connectivity index (χ4v) is 5.99. The number of piperidine rings is 1. The molecule has 1 saturated heterocycles. The highest BCUT2D eigenvalue weighted by Crippen LogP contribution is 2.47. The summed E-state index contributed by atoms with van der Waals surface area (Å²) in [5.41, 5.74) is -1.40. The number of nitrogens with zero attached hydrogens (tertiary/aromatic N) is 1. The van der Waals surface area contributed by atoms with Gasteiger partial charge in [0, 0.05) is 44.1 Å². The van der Waals surface area contributed by atoms with E-state index < -0.39 is 23.9 Å². The minimum absolute atomic E-state index is 0.115. The molecule has 4 atom stereocenters. The minimum Gasteiger partial charge on any atom is -0.493 e. The number of fused-ring (bicyclic) bond motifs is 3. The quantitative estimate of drug-likeness (QED) is 0.405. The standard InChI is InChI=1S/C29H36F3NO5/c1-18(2)13-20-17-33-12-11-19-14-25(35-3)26(36-4)15-22(19)23(33)16-24(20)38-27(34)28(37-5,29(30,31)32)21-9-7-6-8-10-21/h6-10,14-15,18,20,23-24H,11-13,16-17H2,1-5H3/t20-,23+,24+,28?/m1/s1. The van der Waals surface area contributed by atoms with Crippen LogP contribution in [0.4, 0.5) is 13.2 Å². The zero-order chi connectivity index (χ0) is 27.7.